The zero-order valence-electron chi connectivity index (χ0n) is 18.9. The number of esters is 1. The summed E-state index contributed by atoms with van der Waals surface area (Å²) in [5, 5.41) is 16.8. The highest BCUT2D eigenvalue weighted by Gasteiger charge is 2.42. The Labute approximate surface area is 201 Å². The van der Waals surface area contributed by atoms with Crippen molar-refractivity contribution in [1.82, 2.24) is 5.32 Å². The number of carbonyl (C=O) groups is 2. The number of nitro benzene ring substituents is 1. The Morgan fingerprint density at radius 3 is 2.68 bits per heavy atom. The molecule has 1 aromatic carbocycles. The number of dihydropyridines is 1. The lowest BCUT2D eigenvalue weighted by Gasteiger charge is -2.36. The molecule has 0 amide bonds. The predicted octanol–water partition coefficient (Wildman–Crippen LogP) is 5.50. The summed E-state index contributed by atoms with van der Waals surface area (Å²) in [4.78, 5) is 39.1. The minimum absolute atomic E-state index is 0.0395. The van der Waals surface area contributed by atoms with Crippen LogP contribution in [0.4, 0.5) is 5.69 Å². The predicted molar refractivity (Wildman–Crippen MR) is 128 cm³/mol. The highest BCUT2D eigenvalue weighted by Crippen LogP contribution is 2.47. The average Bonchev–Trinajstić information content (AvgIpc) is 3.52. The Kier molecular flexibility index (Phi) is 6.08. The monoisotopic (exact) mass is 478 g/mol. The molecule has 8 heteroatoms. The number of hydrogen-bond acceptors (Lipinski definition) is 7. The number of ketones is 1. The van der Waals surface area contributed by atoms with Gasteiger partial charge in [0.05, 0.1) is 10.5 Å². The van der Waals surface area contributed by atoms with Gasteiger partial charge in [0.1, 0.15) is 6.10 Å². The molecule has 1 aromatic heterocycles. The van der Waals surface area contributed by atoms with Gasteiger partial charge in [-0.25, -0.2) is 4.79 Å². The van der Waals surface area contributed by atoms with E-state index in [9.17, 15) is 19.7 Å². The van der Waals surface area contributed by atoms with E-state index in [0.717, 1.165) is 36.3 Å². The van der Waals surface area contributed by atoms with Gasteiger partial charge in [-0.2, -0.15) is 0 Å². The molecular formula is C26H26N2O5S. The second-order valence-corrected chi connectivity index (χ2v) is 10.2. The minimum atomic E-state index is -0.693. The summed E-state index contributed by atoms with van der Waals surface area (Å²) in [5.74, 6) is -1.11. The molecule has 0 bridgehead atoms. The quantitative estimate of drug-likeness (QED) is 0.346. The number of thiophene rings is 1. The van der Waals surface area contributed by atoms with Crippen molar-refractivity contribution >= 4 is 28.8 Å². The van der Waals surface area contributed by atoms with Crippen molar-refractivity contribution in [3.8, 4) is 0 Å². The van der Waals surface area contributed by atoms with Gasteiger partial charge in [0.2, 0.25) is 0 Å². The molecule has 1 saturated carbocycles. The summed E-state index contributed by atoms with van der Waals surface area (Å²) in [6.07, 6.45) is 4.59. The summed E-state index contributed by atoms with van der Waals surface area (Å²) in [5.41, 5.74) is 2.81. The Bertz CT molecular complexity index is 1210. The van der Waals surface area contributed by atoms with Crippen LogP contribution < -0.4 is 5.32 Å². The van der Waals surface area contributed by atoms with E-state index in [1.807, 2.05) is 24.4 Å². The fourth-order valence-corrected chi connectivity index (χ4v) is 6.24. The molecule has 3 aliphatic rings. The van der Waals surface area contributed by atoms with Gasteiger partial charge in [0.25, 0.3) is 5.69 Å². The van der Waals surface area contributed by atoms with Crippen molar-refractivity contribution in [2.24, 2.45) is 0 Å². The molecular weight excluding hydrogens is 452 g/mol. The first kappa shape index (κ1) is 22.5. The largest absolute Gasteiger partial charge is 0.459 e. The molecule has 176 valence electrons. The molecule has 1 aliphatic heterocycles. The number of carbonyl (C=O) groups excluding carboxylic acids is 2. The summed E-state index contributed by atoms with van der Waals surface area (Å²) in [6, 6.07) is 10.3. The highest BCUT2D eigenvalue weighted by molar-refractivity contribution is 7.10. The summed E-state index contributed by atoms with van der Waals surface area (Å²) in [6.45, 7) is 1.82. The van der Waals surface area contributed by atoms with Crippen LogP contribution in [0.1, 0.15) is 67.7 Å². The molecule has 2 heterocycles. The number of nitro groups is 1. The normalized spacial score (nSPS) is 23.0. The Morgan fingerprint density at radius 1 is 1.18 bits per heavy atom. The maximum Gasteiger partial charge on any atom is 0.337 e. The molecule has 2 aromatic rings. The van der Waals surface area contributed by atoms with E-state index in [1.54, 1.807) is 23.5 Å². The van der Waals surface area contributed by atoms with Crippen molar-refractivity contribution < 1.29 is 19.2 Å². The highest BCUT2D eigenvalue weighted by atomic mass is 32.1. The van der Waals surface area contributed by atoms with Crippen molar-refractivity contribution in [3.63, 3.8) is 0 Å². The van der Waals surface area contributed by atoms with Gasteiger partial charge in [0.15, 0.2) is 5.78 Å². The van der Waals surface area contributed by atoms with E-state index >= 15 is 0 Å². The van der Waals surface area contributed by atoms with Crippen LogP contribution in [0, 0.1) is 10.1 Å². The van der Waals surface area contributed by atoms with Crippen LogP contribution >= 0.6 is 11.3 Å². The lowest BCUT2D eigenvalue weighted by Crippen LogP contribution is -2.36. The first-order valence-electron chi connectivity index (χ1n) is 11.6. The number of nitrogens with one attached hydrogen (secondary N) is 1. The summed E-state index contributed by atoms with van der Waals surface area (Å²) < 4.78 is 5.84. The Balaban J connectivity index is 1.58. The second kappa shape index (κ2) is 9.18. The van der Waals surface area contributed by atoms with Gasteiger partial charge in [-0.1, -0.05) is 18.2 Å². The van der Waals surface area contributed by atoms with Gasteiger partial charge in [0, 0.05) is 52.2 Å². The van der Waals surface area contributed by atoms with E-state index in [0.29, 0.717) is 35.2 Å². The fourth-order valence-electron chi connectivity index (χ4n) is 5.41. The van der Waals surface area contributed by atoms with Gasteiger partial charge in [-0.3, -0.25) is 14.9 Å². The van der Waals surface area contributed by atoms with Crippen molar-refractivity contribution in [2.45, 2.75) is 63.4 Å². The lowest BCUT2D eigenvalue weighted by molar-refractivity contribution is -0.384. The van der Waals surface area contributed by atoms with Gasteiger partial charge in [-0.15, -0.1) is 11.3 Å². The SMILES string of the molecule is CC1=C(C(=O)OC2CCCC2)[C@@H](c2cccc([N+](=O)[O-])c2)C2=C(C[C@H](c3cccs3)CC2=O)N1. The van der Waals surface area contributed by atoms with E-state index < -0.39 is 16.8 Å². The smallest absolute Gasteiger partial charge is 0.337 e. The molecule has 34 heavy (non-hydrogen) atoms. The third-order valence-corrected chi connectivity index (χ3v) is 8.02. The zero-order chi connectivity index (χ0) is 23.8. The average molecular weight is 479 g/mol. The van der Waals surface area contributed by atoms with E-state index in [2.05, 4.69) is 5.32 Å². The molecule has 0 spiro atoms. The number of hydrogen-bond donors (Lipinski definition) is 1. The minimum Gasteiger partial charge on any atom is -0.459 e. The van der Waals surface area contributed by atoms with Crippen LogP contribution in [-0.2, 0) is 14.3 Å². The van der Waals surface area contributed by atoms with Crippen LogP contribution in [0.2, 0.25) is 0 Å². The van der Waals surface area contributed by atoms with Crippen molar-refractivity contribution in [1.29, 1.82) is 0 Å². The van der Waals surface area contributed by atoms with E-state index in [1.165, 1.54) is 12.1 Å². The third-order valence-electron chi connectivity index (χ3n) is 6.98. The molecule has 1 N–H and O–H groups in total. The molecule has 5 rings (SSSR count). The molecule has 7 nitrogen and oxygen atoms in total. The van der Waals surface area contributed by atoms with Crippen LogP contribution in [0.15, 0.2) is 64.3 Å². The maximum absolute atomic E-state index is 13.6. The van der Waals surface area contributed by atoms with Crippen LogP contribution in [0.25, 0.3) is 0 Å². The number of non-ortho nitro benzene ring substituents is 1. The number of allylic oxidation sites excluding steroid dienone is 3. The van der Waals surface area contributed by atoms with E-state index in [4.69, 9.17) is 4.74 Å². The number of Topliss-reactive ketones (excluding diaryl/α,β-unsaturated/α-hetero) is 1. The standard InChI is InChI=1S/C26H26N2O5S/c1-15-23(26(30)33-19-8-2-3-9-19)24(16-6-4-7-18(12-16)28(31)32)25-20(27-15)13-17(14-21(25)29)22-10-5-11-34-22/h4-7,10-12,17,19,24,27H,2-3,8-9,13-14H2,1H3/t17-,24+/m0/s1. The number of benzene rings is 1. The first-order chi connectivity index (χ1) is 16.4. The zero-order valence-corrected chi connectivity index (χ0v) is 19.7. The number of ether oxygens (including phenoxy) is 1. The molecule has 2 atom stereocenters. The summed E-state index contributed by atoms with van der Waals surface area (Å²) >= 11 is 1.63. The van der Waals surface area contributed by atoms with Gasteiger partial charge >= 0.3 is 5.97 Å². The lowest BCUT2D eigenvalue weighted by atomic mass is 9.72. The van der Waals surface area contributed by atoms with Gasteiger partial charge in [-0.05, 0) is 56.0 Å². The van der Waals surface area contributed by atoms with Crippen molar-refractivity contribution in [3.05, 3.63) is 84.9 Å². The van der Waals surface area contributed by atoms with E-state index in [-0.39, 0.29) is 23.5 Å². The van der Waals surface area contributed by atoms with Crippen molar-refractivity contribution in [2.75, 3.05) is 0 Å². The molecule has 0 radical (unpaired) electrons. The second-order valence-electron chi connectivity index (χ2n) is 9.20. The molecule has 0 unspecified atom stereocenters. The Morgan fingerprint density at radius 2 is 1.97 bits per heavy atom. The van der Waals surface area contributed by atoms with Crippen LogP contribution in [0.3, 0.4) is 0 Å². The van der Waals surface area contributed by atoms with Gasteiger partial charge < -0.3 is 10.1 Å². The molecule has 0 saturated heterocycles. The van der Waals surface area contributed by atoms with Crippen LogP contribution in [-0.4, -0.2) is 22.8 Å². The molecule has 1 fully saturated rings. The maximum atomic E-state index is 13.6. The third kappa shape index (κ3) is 4.18. The Hall–Kier alpha value is -3.26. The summed E-state index contributed by atoms with van der Waals surface area (Å²) in [7, 11) is 0. The van der Waals surface area contributed by atoms with Crippen LogP contribution in [0.5, 0.6) is 0 Å². The number of rotatable bonds is 5. The topological polar surface area (TPSA) is 98.5 Å². The first-order valence-corrected chi connectivity index (χ1v) is 12.5. The molecule has 2 aliphatic carbocycles. The fraction of sp³-hybridized carbons (Fsp3) is 0.385. The number of nitrogens with zero attached hydrogens (tertiary/aromatic N) is 1.